The molecule has 0 bridgehead atoms. The van der Waals surface area contributed by atoms with Crippen LogP contribution in [0.4, 0.5) is 11.4 Å². The topological polar surface area (TPSA) is 30.1 Å². The number of para-hydroxylation sites is 3. The van der Waals surface area contributed by atoms with Crippen LogP contribution in [-0.4, -0.2) is 4.57 Å². The Hall–Kier alpha value is -6.84. The number of nitrogens with zero attached hydrogens (tertiary/aromatic N) is 1. The highest BCUT2D eigenvalue weighted by Gasteiger charge is 2.17. The van der Waals surface area contributed by atoms with Gasteiger partial charge in [-0.15, -0.1) is 0 Å². The fourth-order valence-electron chi connectivity index (χ4n) is 7.62. The van der Waals surface area contributed by atoms with E-state index in [1.54, 1.807) is 0 Å². The van der Waals surface area contributed by atoms with Crippen LogP contribution in [0.25, 0.3) is 82.8 Å². The molecule has 0 fully saturated rings. The summed E-state index contributed by atoms with van der Waals surface area (Å²) in [6.45, 7) is 0. The van der Waals surface area contributed by atoms with E-state index in [0.29, 0.717) is 0 Å². The highest BCUT2D eigenvalue weighted by molar-refractivity contribution is 6.13. The lowest BCUT2D eigenvalue weighted by Crippen LogP contribution is -1.95. The molecule has 2 aromatic heterocycles. The molecule has 0 aliphatic carbocycles. The predicted molar refractivity (Wildman–Crippen MR) is 214 cm³/mol. The summed E-state index contributed by atoms with van der Waals surface area (Å²) >= 11 is 0. The van der Waals surface area contributed by atoms with Crippen LogP contribution in [0.5, 0.6) is 0 Å². The minimum Gasteiger partial charge on any atom is -0.456 e. The number of aromatic nitrogens is 1. The fraction of sp³-hybridized carbons (Fsp3) is 0. The van der Waals surface area contributed by atoms with Crippen LogP contribution in [0.3, 0.4) is 0 Å². The van der Waals surface area contributed by atoms with E-state index in [1.807, 2.05) is 18.2 Å². The molecule has 0 amide bonds. The fourth-order valence-corrected chi connectivity index (χ4v) is 7.62. The van der Waals surface area contributed by atoms with Gasteiger partial charge in [0.1, 0.15) is 11.2 Å². The number of rotatable bonds is 6. The molecule has 3 nitrogen and oxygen atoms in total. The van der Waals surface area contributed by atoms with Crippen molar-refractivity contribution in [1.82, 2.24) is 4.57 Å². The second-order valence-corrected chi connectivity index (χ2v) is 13.0. The summed E-state index contributed by atoms with van der Waals surface area (Å²) in [7, 11) is 0. The van der Waals surface area contributed by atoms with E-state index < -0.39 is 0 Å². The Kier molecular flexibility index (Phi) is 6.81. The van der Waals surface area contributed by atoms with E-state index in [1.165, 1.54) is 44.1 Å². The molecule has 3 heteroatoms. The number of fused-ring (bicyclic) bond motifs is 6. The van der Waals surface area contributed by atoms with E-state index in [2.05, 4.69) is 180 Å². The molecule has 1 N–H and O–H groups in total. The minimum absolute atomic E-state index is 0.905. The van der Waals surface area contributed by atoms with Crippen molar-refractivity contribution in [2.24, 2.45) is 0 Å². The van der Waals surface area contributed by atoms with Gasteiger partial charge in [0.2, 0.25) is 0 Å². The van der Waals surface area contributed by atoms with Crippen molar-refractivity contribution in [2.75, 3.05) is 5.32 Å². The Bertz CT molecular complexity index is 2880. The van der Waals surface area contributed by atoms with E-state index in [0.717, 1.165) is 50.1 Å². The van der Waals surface area contributed by atoms with E-state index in [9.17, 15) is 0 Å². The lowest BCUT2D eigenvalue weighted by molar-refractivity contribution is 0.669. The maximum atomic E-state index is 6.24. The van der Waals surface area contributed by atoms with Gasteiger partial charge >= 0.3 is 0 Å². The number of benzene rings is 8. The van der Waals surface area contributed by atoms with Gasteiger partial charge < -0.3 is 14.3 Å². The van der Waals surface area contributed by atoms with Crippen molar-refractivity contribution >= 4 is 55.1 Å². The van der Waals surface area contributed by atoms with Gasteiger partial charge in [-0.05, 0) is 94.5 Å². The van der Waals surface area contributed by atoms with Crippen LogP contribution in [-0.2, 0) is 0 Å². The van der Waals surface area contributed by atoms with Crippen LogP contribution < -0.4 is 5.32 Å². The summed E-state index contributed by atoms with van der Waals surface area (Å²) < 4.78 is 8.63. The van der Waals surface area contributed by atoms with Crippen molar-refractivity contribution in [3.8, 4) is 39.1 Å². The third kappa shape index (κ3) is 4.98. The average Bonchev–Trinajstić information content (AvgIpc) is 3.74. The summed E-state index contributed by atoms with van der Waals surface area (Å²) in [6, 6.07) is 66.8. The molecule has 240 valence electrons. The number of furan rings is 1. The van der Waals surface area contributed by atoms with Crippen LogP contribution in [0, 0.1) is 0 Å². The van der Waals surface area contributed by atoms with Crippen molar-refractivity contribution in [3.05, 3.63) is 188 Å². The number of hydrogen-bond acceptors (Lipinski definition) is 2. The molecule has 0 unspecified atom stereocenters. The number of hydrogen-bond donors (Lipinski definition) is 1. The van der Waals surface area contributed by atoms with Gasteiger partial charge in [0.25, 0.3) is 0 Å². The SMILES string of the molecule is c1ccc(Nc2ccc(-c3ccc4c(c3)c3ccccc3n4-c3cccc(-c4cccc5oc6ccccc6c45)c3)cc2-c2ccccc2)cc1. The number of anilines is 2. The van der Waals surface area contributed by atoms with Gasteiger partial charge in [0.05, 0.1) is 11.0 Å². The maximum absolute atomic E-state index is 6.24. The largest absolute Gasteiger partial charge is 0.456 e. The van der Waals surface area contributed by atoms with Crippen LogP contribution in [0.15, 0.2) is 192 Å². The first-order valence-electron chi connectivity index (χ1n) is 17.3. The molecular weight excluding hydrogens is 621 g/mol. The lowest BCUT2D eigenvalue weighted by atomic mass is 9.96. The third-order valence-corrected chi connectivity index (χ3v) is 9.98. The van der Waals surface area contributed by atoms with Gasteiger partial charge in [-0.3, -0.25) is 0 Å². The highest BCUT2D eigenvalue weighted by atomic mass is 16.3. The Labute approximate surface area is 295 Å². The normalized spacial score (nSPS) is 11.5. The van der Waals surface area contributed by atoms with Crippen LogP contribution in [0.1, 0.15) is 0 Å². The molecular formula is C48H32N2O. The molecule has 8 aromatic carbocycles. The maximum Gasteiger partial charge on any atom is 0.136 e. The monoisotopic (exact) mass is 652 g/mol. The first-order valence-corrected chi connectivity index (χ1v) is 17.3. The van der Waals surface area contributed by atoms with E-state index in [-0.39, 0.29) is 0 Å². The Morgan fingerprint density at radius 1 is 0.392 bits per heavy atom. The summed E-state index contributed by atoms with van der Waals surface area (Å²) in [5.74, 6) is 0. The lowest BCUT2D eigenvalue weighted by Gasteiger charge is -2.15. The highest BCUT2D eigenvalue weighted by Crippen LogP contribution is 2.40. The quantitative estimate of drug-likeness (QED) is 0.194. The minimum atomic E-state index is 0.905. The molecule has 51 heavy (non-hydrogen) atoms. The van der Waals surface area contributed by atoms with Crippen molar-refractivity contribution in [3.63, 3.8) is 0 Å². The predicted octanol–water partition coefficient (Wildman–Crippen LogP) is 13.4. The van der Waals surface area contributed by atoms with E-state index in [4.69, 9.17) is 4.42 Å². The van der Waals surface area contributed by atoms with Gasteiger partial charge in [-0.2, -0.15) is 0 Å². The van der Waals surface area contributed by atoms with Crippen LogP contribution in [0.2, 0.25) is 0 Å². The molecule has 0 atom stereocenters. The smallest absolute Gasteiger partial charge is 0.136 e. The zero-order valence-electron chi connectivity index (χ0n) is 27.8. The van der Waals surface area contributed by atoms with Gasteiger partial charge in [0, 0.05) is 44.2 Å². The summed E-state index contributed by atoms with van der Waals surface area (Å²) in [5.41, 5.74) is 14.5. The van der Waals surface area contributed by atoms with Crippen molar-refractivity contribution in [1.29, 1.82) is 0 Å². The van der Waals surface area contributed by atoms with Gasteiger partial charge in [-0.25, -0.2) is 0 Å². The third-order valence-electron chi connectivity index (χ3n) is 9.98. The zero-order valence-corrected chi connectivity index (χ0v) is 27.8. The van der Waals surface area contributed by atoms with E-state index >= 15 is 0 Å². The standard InChI is InChI=1S/C48H32N2O/c1-3-13-32(14-4-1)41-30-33(25-27-43(41)49-36-16-5-2-6-17-36)34-26-28-45-42(31-34)39-19-7-9-22-44(39)50(45)37-18-11-15-35(29-37)38-21-12-24-47-48(38)40-20-8-10-23-46(40)51-47/h1-31,49H. The van der Waals surface area contributed by atoms with Gasteiger partial charge in [-0.1, -0.05) is 121 Å². The zero-order chi connectivity index (χ0) is 33.7. The Balaban J connectivity index is 1.11. The average molecular weight is 653 g/mol. The molecule has 0 saturated heterocycles. The Morgan fingerprint density at radius 3 is 1.94 bits per heavy atom. The second kappa shape index (κ2) is 11.9. The molecule has 0 saturated carbocycles. The molecule has 0 aliphatic rings. The number of nitrogens with one attached hydrogen (secondary N) is 1. The van der Waals surface area contributed by atoms with Gasteiger partial charge in [0.15, 0.2) is 0 Å². The molecule has 10 aromatic rings. The Morgan fingerprint density at radius 2 is 1.06 bits per heavy atom. The first kappa shape index (κ1) is 29.1. The van der Waals surface area contributed by atoms with Crippen molar-refractivity contribution < 1.29 is 4.42 Å². The molecule has 2 heterocycles. The second-order valence-electron chi connectivity index (χ2n) is 13.0. The van der Waals surface area contributed by atoms with Crippen LogP contribution >= 0.6 is 0 Å². The molecule has 0 radical (unpaired) electrons. The summed E-state index contributed by atoms with van der Waals surface area (Å²) in [5, 5.41) is 8.39. The summed E-state index contributed by atoms with van der Waals surface area (Å²) in [4.78, 5) is 0. The summed E-state index contributed by atoms with van der Waals surface area (Å²) in [6.07, 6.45) is 0. The molecule has 0 spiro atoms. The first-order chi connectivity index (χ1) is 25.3. The molecule has 10 rings (SSSR count). The molecule has 0 aliphatic heterocycles. The van der Waals surface area contributed by atoms with Crippen molar-refractivity contribution in [2.45, 2.75) is 0 Å².